The molecule has 0 radical (unpaired) electrons. The number of ether oxygens (including phenoxy) is 1. The number of rotatable bonds is 4. The van der Waals surface area contributed by atoms with E-state index in [0.717, 1.165) is 12.8 Å². The maximum atomic E-state index is 12.4. The van der Waals surface area contributed by atoms with Gasteiger partial charge in [0.1, 0.15) is 5.75 Å². The van der Waals surface area contributed by atoms with Gasteiger partial charge in [0.15, 0.2) is 0 Å². The van der Waals surface area contributed by atoms with Crippen LogP contribution in [-0.4, -0.2) is 35.8 Å². The molecular weight excluding hydrogens is 309 g/mol. The summed E-state index contributed by atoms with van der Waals surface area (Å²) in [6.45, 7) is 2.54. The van der Waals surface area contributed by atoms with E-state index in [1.54, 1.807) is 17.0 Å². The molecule has 7 heteroatoms. The van der Waals surface area contributed by atoms with Crippen LogP contribution in [0.2, 0.25) is 0 Å². The standard InChI is InChI=1S/C16H21F3N2O2/c1-11-10-13(20)8-9-21(11)15(22)7-6-12-4-2-3-5-14(12)23-16(17,18)19/h2-5,11,13H,6-10,20H2,1H3. The minimum Gasteiger partial charge on any atom is -0.406 e. The lowest BCUT2D eigenvalue weighted by Gasteiger charge is -2.36. The smallest absolute Gasteiger partial charge is 0.406 e. The number of hydrogen-bond acceptors (Lipinski definition) is 3. The summed E-state index contributed by atoms with van der Waals surface area (Å²) in [4.78, 5) is 14.1. The zero-order valence-corrected chi connectivity index (χ0v) is 13.0. The second kappa shape index (κ2) is 7.21. The Morgan fingerprint density at radius 1 is 1.39 bits per heavy atom. The van der Waals surface area contributed by atoms with E-state index in [4.69, 9.17) is 5.73 Å². The van der Waals surface area contributed by atoms with Crippen LogP contribution in [-0.2, 0) is 11.2 Å². The number of hydrogen-bond donors (Lipinski definition) is 1. The molecule has 1 aliphatic rings. The van der Waals surface area contributed by atoms with Crippen LogP contribution in [0.25, 0.3) is 0 Å². The molecule has 1 amide bonds. The van der Waals surface area contributed by atoms with Crippen LogP contribution in [0.5, 0.6) is 5.75 Å². The van der Waals surface area contributed by atoms with E-state index in [1.165, 1.54) is 12.1 Å². The molecule has 1 saturated heterocycles. The molecule has 0 bridgehead atoms. The maximum Gasteiger partial charge on any atom is 0.573 e. The number of nitrogens with zero attached hydrogens (tertiary/aromatic N) is 1. The van der Waals surface area contributed by atoms with Crippen molar-refractivity contribution in [2.24, 2.45) is 5.73 Å². The monoisotopic (exact) mass is 330 g/mol. The largest absolute Gasteiger partial charge is 0.573 e. The first kappa shape index (κ1) is 17.6. The Kier molecular flexibility index (Phi) is 5.51. The summed E-state index contributed by atoms with van der Waals surface area (Å²) in [7, 11) is 0. The average molecular weight is 330 g/mol. The van der Waals surface area contributed by atoms with Crippen molar-refractivity contribution in [1.82, 2.24) is 4.90 Å². The molecule has 1 heterocycles. The summed E-state index contributed by atoms with van der Waals surface area (Å²) < 4.78 is 41.2. The molecule has 1 fully saturated rings. The number of likely N-dealkylation sites (tertiary alicyclic amines) is 1. The molecule has 2 N–H and O–H groups in total. The van der Waals surface area contributed by atoms with Gasteiger partial charge in [-0.1, -0.05) is 18.2 Å². The van der Waals surface area contributed by atoms with Gasteiger partial charge in [-0.2, -0.15) is 0 Å². The van der Waals surface area contributed by atoms with Crippen LogP contribution in [0.15, 0.2) is 24.3 Å². The van der Waals surface area contributed by atoms with E-state index < -0.39 is 6.36 Å². The van der Waals surface area contributed by atoms with Crippen molar-refractivity contribution in [2.45, 2.75) is 51.1 Å². The van der Waals surface area contributed by atoms with E-state index in [2.05, 4.69) is 4.74 Å². The molecule has 2 rings (SSSR count). The summed E-state index contributed by atoms with van der Waals surface area (Å²) in [6, 6.07) is 6.08. The normalized spacial score (nSPS) is 22.0. The van der Waals surface area contributed by atoms with Gasteiger partial charge in [-0.05, 0) is 37.8 Å². The lowest BCUT2D eigenvalue weighted by molar-refractivity contribution is -0.274. The molecule has 2 unspecified atom stereocenters. The third-order valence-electron chi connectivity index (χ3n) is 4.04. The number of carbonyl (C=O) groups excluding carboxylic acids is 1. The maximum absolute atomic E-state index is 12.4. The highest BCUT2D eigenvalue weighted by Crippen LogP contribution is 2.27. The number of para-hydroxylation sites is 1. The number of amides is 1. The summed E-state index contributed by atoms with van der Waals surface area (Å²) in [5, 5.41) is 0. The molecule has 2 atom stereocenters. The molecule has 1 aromatic carbocycles. The fraction of sp³-hybridized carbons (Fsp3) is 0.562. The van der Waals surface area contributed by atoms with Gasteiger partial charge in [0.25, 0.3) is 0 Å². The number of halogens is 3. The van der Waals surface area contributed by atoms with Crippen LogP contribution in [0.3, 0.4) is 0 Å². The number of nitrogens with two attached hydrogens (primary N) is 1. The molecule has 0 spiro atoms. The van der Waals surface area contributed by atoms with Crippen LogP contribution in [0.4, 0.5) is 13.2 Å². The Balaban J connectivity index is 1.97. The van der Waals surface area contributed by atoms with Gasteiger partial charge >= 0.3 is 6.36 Å². The molecule has 1 aromatic rings. The Hall–Kier alpha value is -1.76. The van der Waals surface area contributed by atoms with Gasteiger partial charge in [0, 0.05) is 25.0 Å². The Morgan fingerprint density at radius 2 is 2.09 bits per heavy atom. The molecule has 0 aromatic heterocycles. The van der Waals surface area contributed by atoms with E-state index in [1.807, 2.05) is 6.92 Å². The Labute approximate surface area is 133 Å². The number of benzene rings is 1. The predicted octanol–water partition coefficient (Wildman–Crippen LogP) is 2.86. The number of piperidine rings is 1. The van der Waals surface area contributed by atoms with E-state index in [0.29, 0.717) is 12.1 Å². The van der Waals surface area contributed by atoms with Crippen molar-refractivity contribution >= 4 is 5.91 Å². The molecule has 0 aliphatic carbocycles. The third kappa shape index (κ3) is 5.13. The zero-order valence-electron chi connectivity index (χ0n) is 13.0. The van der Waals surface area contributed by atoms with Crippen molar-refractivity contribution in [2.75, 3.05) is 6.54 Å². The second-order valence-electron chi connectivity index (χ2n) is 5.88. The highest BCUT2D eigenvalue weighted by atomic mass is 19.4. The van der Waals surface area contributed by atoms with Crippen LogP contribution in [0, 0.1) is 0 Å². The number of alkyl halides is 3. The fourth-order valence-electron chi connectivity index (χ4n) is 2.90. The number of carbonyl (C=O) groups is 1. The van der Waals surface area contributed by atoms with Gasteiger partial charge in [-0.25, -0.2) is 0 Å². The molecule has 23 heavy (non-hydrogen) atoms. The average Bonchev–Trinajstić information content (AvgIpc) is 2.44. The summed E-state index contributed by atoms with van der Waals surface area (Å²) in [6.07, 6.45) is -2.88. The number of aryl methyl sites for hydroxylation is 1. The highest BCUT2D eigenvalue weighted by molar-refractivity contribution is 5.77. The Bertz CT molecular complexity index is 548. The van der Waals surface area contributed by atoms with Gasteiger partial charge in [-0.15, -0.1) is 13.2 Å². The first-order valence-electron chi connectivity index (χ1n) is 7.65. The van der Waals surface area contributed by atoms with Crippen molar-refractivity contribution in [1.29, 1.82) is 0 Å². The molecule has 4 nitrogen and oxygen atoms in total. The molecular formula is C16H21F3N2O2. The molecule has 1 aliphatic heterocycles. The van der Waals surface area contributed by atoms with Crippen molar-refractivity contribution < 1.29 is 22.7 Å². The van der Waals surface area contributed by atoms with Gasteiger partial charge in [0.2, 0.25) is 5.91 Å². The minimum absolute atomic E-state index is 0.0629. The highest BCUT2D eigenvalue weighted by Gasteiger charge is 2.32. The molecule has 128 valence electrons. The van der Waals surface area contributed by atoms with Crippen LogP contribution < -0.4 is 10.5 Å². The summed E-state index contributed by atoms with van der Waals surface area (Å²) in [5.74, 6) is -0.312. The topological polar surface area (TPSA) is 55.6 Å². The first-order valence-corrected chi connectivity index (χ1v) is 7.65. The minimum atomic E-state index is -4.74. The third-order valence-corrected chi connectivity index (χ3v) is 4.04. The lowest BCUT2D eigenvalue weighted by Crippen LogP contribution is -2.48. The summed E-state index contributed by atoms with van der Waals surface area (Å²) in [5.41, 5.74) is 6.24. The van der Waals surface area contributed by atoms with Gasteiger partial charge in [-0.3, -0.25) is 4.79 Å². The van der Waals surface area contributed by atoms with Crippen LogP contribution in [0.1, 0.15) is 31.7 Å². The fourth-order valence-corrected chi connectivity index (χ4v) is 2.90. The second-order valence-corrected chi connectivity index (χ2v) is 5.88. The lowest BCUT2D eigenvalue weighted by atomic mass is 9.98. The van der Waals surface area contributed by atoms with E-state index >= 15 is 0 Å². The van der Waals surface area contributed by atoms with Gasteiger partial charge < -0.3 is 15.4 Å². The summed E-state index contributed by atoms with van der Waals surface area (Å²) >= 11 is 0. The SMILES string of the molecule is CC1CC(N)CCN1C(=O)CCc1ccccc1OC(F)(F)F. The van der Waals surface area contributed by atoms with Gasteiger partial charge in [0.05, 0.1) is 0 Å². The van der Waals surface area contributed by atoms with Crippen molar-refractivity contribution in [3.05, 3.63) is 29.8 Å². The van der Waals surface area contributed by atoms with E-state index in [-0.39, 0.29) is 36.6 Å². The Morgan fingerprint density at radius 3 is 2.74 bits per heavy atom. The predicted molar refractivity (Wildman–Crippen MR) is 79.8 cm³/mol. The first-order chi connectivity index (χ1) is 10.8. The van der Waals surface area contributed by atoms with Crippen molar-refractivity contribution in [3.63, 3.8) is 0 Å². The van der Waals surface area contributed by atoms with E-state index in [9.17, 15) is 18.0 Å². The molecule has 0 saturated carbocycles. The van der Waals surface area contributed by atoms with Crippen LogP contribution >= 0.6 is 0 Å². The van der Waals surface area contributed by atoms with Crippen molar-refractivity contribution in [3.8, 4) is 5.75 Å². The quantitative estimate of drug-likeness (QED) is 0.923. The zero-order chi connectivity index (χ0) is 17.0.